The van der Waals surface area contributed by atoms with Gasteiger partial charge in [0.05, 0.1) is 9.99 Å². The molecule has 1 aliphatic carbocycles. The smallest absolute Gasteiger partial charge is 0.138 e. The lowest BCUT2D eigenvalue weighted by atomic mass is 10.0. The first-order chi connectivity index (χ1) is 8.09. The molecule has 1 aromatic carbocycles. The first-order valence-electron chi connectivity index (χ1n) is 5.65. The maximum atomic E-state index is 13.7. The summed E-state index contributed by atoms with van der Waals surface area (Å²) in [5.41, 5.74) is 10.7. The number of anilines is 1. The third-order valence-corrected chi connectivity index (χ3v) is 4.19. The van der Waals surface area contributed by atoms with Gasteiger partial charge in [-0.25, -0.2) is 4.39 Å². The zero-order chi connectivity index (χ0) is 12.2. The van der Waals surface area contributed by atoms with E-state index < -0.39 is 0 Å². The molecule has 0 saturated carbocycles. The van der Waals surface area contributed by atoms with Gasteiger partial charge >= 0.3 is 0 Å². The van der Waals surface area contributed by atoms with Crippen molar-refractivity contribution in [3.8, 4) is 0 Å². The van der Waals surface area contributed by atoms with E-state index in [2.05, 4.69) is 20.9 Å². The van der Waals surface area contributed by atoms with Gasteiger partial charge in [0.1, 0.15) is 5.82 Å². The number of pyridine rings is 1. The number of benzene rings is 1. The van der Waals surface area contributed by atoms with Crippen LogP contribution in [0, 0.1) is 12.7 Å². The Labute approximate surface area is 107 Å². The second kappa shape index (κ2) is 3.67. The minimum atomic E-state index is -0.276. The molecule has 1 aliphatic rings. The average molecular weight is 295 g/mol. The molecule has 0 bridgehead atoms. The first-order valence-corrected chi connectivity index (χ1v) is 6.44. The van der Waals surface area contributed by atoms with Gasteiger partial charge in [-0.3, -0.25) is 4.98 Å². The van der Waals surface area contributed by atoms with Crippen molar-refractivity contribution in [2.24, 2.45) is 0 Å². The number of fused-ring (bicyclic) bond motifs is 2. The van der Waals surface area contributed by atoms with Crippen molar-refractivity contribution >= 4 is 32.5 Å². The van der Waals surface area contributed by atoms with E-state index in [1.165, 1.54) is 6.07 Å². The van der Waals surface area contributed by atoms with Crippen LogP contribution in [0.4, 0.5) is 10.1 Å². The van der Waals surface area contributed by atoms with Crippen molar-refractivity contribution in [2.45, 2.75) is 26.2 Å². The van der Waals surface area contributed by atoms with Crippen LogP contribution in [0.3, 0.4) is 0 Å². The molecular weight excluding hydrogens is 283 g/mol. The number of hydrogen-bond acceptors (Lipinski definition) is 2. The lowest BCUT2D eigenvalue weighted by Gasteiger charge is -2.12. The Morgan fingerprint density at radius 2 is 2.18 bits per heavy atom. The van der Waals surface area contributed by atoms with E-state index in [0.717, 1.165) is 47.0 Å². The molecule has 2 N–H and O–H groups in total. The predicted octanol–water partition coefficient (Wildman–Crippen LogP) is 3.52. The van der Waals surface area contributed by atoms with Gasteiger partial charge in [-0.05, 0) is 59.3 Å². The molecule has 88 valence electrons. The summed E-state index contributed by atoms with van der Waals surface area (Å²) in [6, 6.07) is 1.50. The van der Waals surface area contributed by atoms with Gasteiger partial charge in [0.2, 0.25) is 0 Å². The molecule has 0 aliphatic heterocycles. The minimum absolute atomic E-state index is 0.276. The monoisotopic (exact) mass is 294 g/mol. The Morgan fingerprint density at radius 1 is 1.41 bits per heavy atom. The molecule has 1 heterocycles. The minimum Gasteiger partial charge on any atom is -0.398 e. The van der Waals surface area contributed by atoms with Gasteiger partial charge in [0.25, 0.3) is 0 Å². The molecule has 1 aromatic heterocycles. The van der Waals surface area contributed by atoms with Crippen LogP contribution in [0.5, 0.6) is 0 Å². The van der Waals surface area contributed by atoms with Gasteiger partial charge < -0.3 is 5.73 Å². The fourth-order valence-corrected chi connectivity index (χ4v) is 3.08. The van der Waals surface area contributed by atoms with Crippen molar-refractivity contribution in [3.63, 3.8) is 0 Å². The zero-order valence-corrected chi connectivity index (χ0v) is 11.1. The highest BCUT2D eigenvalue weighted by Gasteiger charge is 2.21. The van der Waals surface area contributed by atoms with E-state index in [1.807, 2.05) is 6.92 Å². The third-order valence-electron chi connectivity index (χ3n) is 3.41. The summed E-state index contributed by atoms with van der Waals surface area (Å²) >= 11 is 3.28. The maximum Gasteiger partial charge on any atom is 0.138 e. The van der Waals surface area contributed by atoms with Crippen LogP contribution in [0.25, 0.3) is 10.9 Å². The van der Waals surface area contributed by atoms with Crippen LogP contribution in [0.2, 0.25) is 0 Å². The standard InChI is InChI=1S/C13H12BrFN2/c1-6-5-8(15)11(14)10-12(16)7-3-2-4-9(7)17-13(6)10/h5H,2-4H2,1H3,(H2,16,17). The van der Waals surface area contributed by atoms with E-state index in [1.54, 1.807) is 0 Å². The number of aryl methyl sites for hydroxylation is 2. The highest BCUT2D eigenvalue weighted by atomic mass is 79.9. The summed E-state index contributed by atoms with van der Waals surface area (Å²) in [7, 11) is 0. The Hall–Kier alpha value is -1.16. The predicted molar refractivity (Wildman–Crippen MR) is 70.6 cm³/mol. The van der Waals surface area contributed by atoms with E-state index in [0.29, 0.717) is 10.2 Å². The van der Waals surface area contributed by atoms with Crippen LogP contribution >= 0.6 is 15.9 Å². The summed E-state index contributed by atoms with van der Waals surface area (Å²) in [4.78, 5) is 4.64. The van der Waals surface area contributed by atoms with Crippen LogP contribution in [0.15, 0.2) is 10.5 Å². The molecule has 0 radical (unpaired) electrons. The SMILES string of the molecule is Cc1cc(F)c(Br)c2c(N)c3c(nc12)CCC3. The number of halogens is 2. The maximum absolute atomic E-state index is 13.7. The quantitative estimate of drug-likeness (QED) is 0.807. The number of nitrogen functional groups attached to an aromatic ring is 1. The van der Waals surface area contributed by atoms with Gasteiger partial charge in [0.15, 0.2) is 0 Å². The van der Waals surface area contributed by atoms with Gasteiger partial charge in [-0.15, -0.1) is 0 Å². The summed E-state index contributed by atoms with van der Waals surface area (Å²) in [6.07, 6.45) is 3.01. The van der Waals surface area contributed by atoms with Gasteiger partial charge in [0, 0.05) is 16.8 Å². The van der Waals surface area contributed by atoms with E-state index in [-0.39, 0.29) is 5.82 Å². The fraction of sp³-hybridized carbons (Fsp3) is 0.308. The van der Waals surface area contributed by atoms with Gasteiger partial charge in [-0.1, -0.05) is 0 Å². The Morgan fingerprint density at radius 3 is 2.94 bits per heavy atom. The molecule has 2 aromatic rings. The van der Waals surface area contributed by atoms with Crippen molar-refractivity contribution in [1.29, 1.82) is 0 Å². The molecule has 0 amide bonds. The molecule has 0 saturated heterocycles. The second-order valence-corrected chi connectivity index (χ2v) is 5.31. The van der Waals surface area contributed by atoms with E-state index in [9.17, 15) is 4.39 Å². The van der Waals surface area contributed by atoms with Gasteiger partial charge in [-0.2, -0.15) is 0 Å². The molecular formula is C13H12BrFN2. The molecule has 0 fully saturated rings. The summed E-state index contributed by atoms with van der Waals surface area (Å²) in [5, 5.41) is 0.725. The van der Waals surface area contributed by atoms with Crippen LogP contribution in [-0.4, -0.2) is 4.98 Å². The Bertz CT molecular complexity index is 637. The largest absolute Gasteiger partial charge is 0.398 e. The molecule has 17 heavy (non-hydrogen) atoms. The number of aromatic nitrogens is 1. The normalized spacial score (nSPS) is 14.3. The van der Waals surface area contributed by atoms with Crippen molar-refractivity contribution < 1.29 is 4.39 Å². The first kappa shape index (κ1) is 11.0. The average Bonchev–Trinajstić information content (AvgIpc) is 2.74. The van der Waals surface area contributed by atoms with Crippen molar-refractivity contribution in [2.75, 3.05) is 5.73 Å². The highest BCUT2D eigenvalue weighted by molar-refractivity contribution is 9.10. The summed E-state index contributed by atoms with van der Waals surface area (Å²) in [5.74, 6) is -0.276. The zero-order valence-electron chi connectivity index (χ0n) is 9.48. The summed E-state index contributed by atoms with van der Waals surface area (Å²) in [6.45, 7) is 1.87. The second-order valence-electron chi connectivity index (χ2n) is 4.52. The molecule has 0 atom stereocenters. The lowest BCUT2D eigenvalue weighted by Crippen LogP contribution is -2.01. The van der Waals surface area contributed by atoms with Crippen molar-refractivity contribution in [1.82, 2.24) is 4.98 Å². The Kier molecular flexibility index (Phi) is 2.36. The highest BCUT2D eigenvalue weighted by Crippen LogP contribution is 2.38. The Balaban J connectivity index is 2.52. The molecule has 3 rings (SSSR count). The van der Waals surface area contributed by atoms with E-state index >= 15 is 0 Å². The molecule has 0 unspecified atom stereocenters. The van der Waals surface area contributed by atoms with Crippen LogP contribution in [-0.2, 0) is 12.8 Å². The molecule has 0 spiro atoms. The molecule has 2 nitrogen and oxygen atoms in total. The lowest BCUT2D eigenvalue weighted by molar-refractivity contribution is 0.622. The van der Waals surface area contributed by atoms with Crippen molar-refractivity contribution in [3.05, 3.63) is 33.2 Å². The number of hydrogen-bond donors (Lipinski definition) is 1. The van der Waals surface area contributed by atoms with Crippen LogP contribution in [0.1, 0.15) is 23.2 Å². The fourth-order valence-electron chi connectivity index (χ4n) is 2.56. The number of nitrogens with zero attached hydrogens (tertiary/aromatic N) is 1. The third kappa shape index (κ3) is 1.47. The van der Waals surface area contributed by atoms with E-state index in [4.69, 9.17) is 5.73 Å². The molecule has 4 heteroatoms. The summed E-state index contributed by atoms with van der Waals surface area (Å²) < 4.78 is 14.1. The number of rotatable bonds is 0. The topological polar surface area (TPSA) is 38.9 Å². The van der Waals surface area contributed by atoms with Crippen LogP contribution < -0.4 is 5.73 Å². The number of nitrogens with two attached hydrogens (primary N) is 1.